The lowest BCUT2D eigenvalue weighted by atomic mass is 9.97. The molecule has 0 fully saturated rings. The smallest absolute Gasteiger partial charge is 0.101 e. The maximum atomic E-state index is 9.21. The van der Waals surface area contributed by atoms with Gasteiger partial charge in [0.2, 0.25) is 0 Å². The van der Waals surface area contributed by atoms with Gasteiger partial charge in [0, 0.05) is 19.1 Å². The van der Waals surface area contributed by atoms with Crippen molar-refractivity contribution in [3.05, 3.63) is 29.3 Å². The highest BCUT2D eigenvalue weighted by Gasteiger charge is 2.23. The van der Waals surface area contributed by atoms with E-state index in [0.29, 0.717) is 12.1 Å². The molecule has 0 radical (unpaired) electrons. The largest absolute Gasteiger partial charge is 0.368 e. The molecule has 0 spiro atoms. The van der Waals surface area contributed by atoms with Gasteiger partial charge in [0.1, 0.15) is 6.07 Å². The molecule has 0 aliphatic rings. The zero-order valence-corrected chi connectivity index (χ0v) is 11.1. The first-order chi connectivity index (χ1) is 7.96. The van der Waals surface area contributed by atoms with E-state index in [1.54, 1.807) is 0 Å². The summed E-state index contributed by atoms with van der Waals surface area (Å²) in [5.41, 5.74) is 8.28. The molecular weight excluding hydrogens is 210 g/mol. The first kappa shape index (κ1) is 13.5. The Balaban J connectivity index is 3.19. The summed E-state index contributed by atoms with van der Waals surface area (Å²) in [5, 5.41) is 9.21. The highest BCUT2D eigenvalue weighted by molar-refractivity contribution is 5.61. The Bertz CT molecular complexity index is 430. The van der Waals surface area contributed by atoms with E-state index in [1.165, 1.54) is 0 Å². The van der Waals surface area contributed by atoms with Crippen molar-refractivity contribution in [2.45, 2.75) is 39.3 Å². The van der Waals surface area contributed by atoms with Crippen molar-refractivity contribution >= 4 is 5.69 Å². The van der Waals surface area contributed by atoms with Crippen molar-refractivity contribution < 1.29 is 0 Å². The van der Waals surface area contributed by atoms with E-state index in [4.69, 9.17) is 5.73 Å². The lowest BCUT2D eigenvalue weighted by Gasteiger charge is -2.37. The Kier molecular flexibility index (Phi) is 4.14. The number of benzene rings is 1. The van der Waals surface area contributed by atoms with E-state index < -0.39 is 0 Å². The number of anilines is 1. The van der Waals surface area contributed by atoms with Gasteiger partial charge < -0.3 is 10.6 Å². The molecule has 0 amide bonds. The van der Waals surface area contributed by atoms with Crippen LogP contribution in [-0.4, -0.2) is 12.6 Å². The van der Waals surface area contributed by atoms with Gasteiger partial charge >= 0.3 is 0 Å². The van der Waals surface area contributed by atoms with Crippen LogP contribution in [0.1, 0.15) is 38.3 Å². The first-order valence-corrected chi connectivity index (χ1v) is 5.93. The molecule has 1 aromatic carbocycles. The van der Waals surface area contributed by atoms with Gasteiger partial charge in [-0.05, 0) is 38.0 Å². The minimum absolute atomic E-state index is 0.0375. The van der Waals surface area contributed by atoms with Crippen LogP contribution in [0.3, 0.4) is 0 Å². The number of nitrogens with two attached hydrogens (primary N) is 1. The second-order valence-corrected chi connectivity index (χ2v) is 4.89. The summed E-state index contributed by atoms with van der Waals surface area (Å²) in [6.45, 7) is 6.96. The fourth-order valence-electron chi connectivity index (χ4n) is 1.66. The van der Waals surface area contributed by atoms with E-state index >= 15 is 0 Å². The number of hydrogen-bond acceptors (Lipinski definition) is 3. The summed E-state index contributed by atoms with van der Waals surface area (Å²) >= 11 is 0. The third-order valence-corrected chi connectivity index (χ3v) is 3.55. The Hall–Kier alpha value is -1.53. The van der Waals surface area contributed by atoms with Crippen LogP contribution in [0.15, 0.2) is 18.2 Å². The monoisotopic (exact) mass is 231 g/mol. The van der Waals surface area contributed by atoms with E-state index in [0.717, 1.165) is 17.7 Å². The molecule has 0 saturated heterocycles. The highest BCUT2D eigenvalue weighted by Crippen LogP contribution is 2.28. The summed E-state index contributed by atoms with van der Waals surface area (Å²) in [7, 11) is 2.03. The molecule has 0 aliphatic carbocycles. The number of nitrogens with zero attached hydrogens (tertiary/aromatic N) is 2. The lowest BCUT2D eigenvalue weighted by Crippen LogP contribution is -2.40. The van der Waals surface area contributed by atoms with Crippen molar-refractivity contribution in [3.8, 4) is 6.07 Å². The lowest BCUT2D eigenvalue weighted by molar-refractivity contribution is 0.470. The summed E-state index contributed by atoms with van der Waals surface area (Å²) in [5.74, 6) is 0. The zero-order chi connectivity index (χ0) is 13.1. The van der Waals surface area contributed by atoms with E-state index in [1.807, 2.05) is 25.2 Å². The molecule has 0 aliphatic heterocycles. The van der Waals surface area contributed by atoms with Crippen molar-refractivity contribution in [2.24, 2.45) is 5.73 Å². The van der Waals surface area contributed by atoms with Crippen LogP contribution >= 0.6 is 0 Å². The second kappa shape index (κ2) is 5.20. The molecule has 0 saturated carbocycles. The number of nitriles is 1. The average molecular weight is 231 g/mol. The van der Waals surface area contributed by atoms with E-state index in [9.17, 15) is 5.26 Å². The molecule has 92 valence electrons. The molecule has 1 rings (SSSR count). The number of rotatable bonds is 4. The fraction of sp³-hybridized carbons (Fsp3) is 0.500. The molecular formula is C14H21N3. The maximum Gasteiger partial charge on any atom is 0.101 e. The molecule has 17 heavy (non-hydrogen) atoms. The highest BCUT2D eigenvalue weighted by atomic mass is 15.2. The Morgan fingerprint density at radius 1 is 1.41 bits per heavy atom. The van der Waals surface area contributed by atoms with Gasteiger partial charge in [-0.25, -0.2) is 0 Å². The van der Waals surface area contributed by atoms with Crippen LogP contribution in [0.5, 0.6) is 0 Å². The van der Waals surface area contributed by atoms with Crippen molar-refractivity contribution in [3.63, 3.8) is 0 Å². The number of hydrogen-bond donors (Lipinski definition) is 1. The summed E-state index contributed by atoms with van der Waals surface area (Å²) in [4.78, 5) is 2.16. The van der Waals surface area contributed by atoms with Gasteiger partial charge in [0.25, 0.3) is 0 Å². The van der Waals surface area contributed by atoms with Crippen molar-refractivity contribution in [1.29, 1.82) is 5.26 Å². The molecule has 1 aromatic rings. The zero-order valence-electron chi connectivity index (χ0n) is 11.1. The van der Waals surface area contributed by atoms with Crippen LogP contribution in [0.4, 0.5) is 5.69 Å². The summed E-state index contributed by atoms with van der Waals surface area (Å²) in [6.07, 6.45) is 1.02. The Morgan fingerprint density at radius 2 is 2.06 bits per heavy atom. The van der Waals surface area contributed by atoms with Gasteiger partial charge in [0.15, 0.2) is 0 Å². The average Bonchev–Trinajstić information content (AvgIpc) is 2.36. The van der Waals surface area contributed by atoms with Gasteiger partial charge in [-0.1, -0.05) is 13.0 Å². The van der Waals surface area contributed by atoms with Gasteiger partial charge in [-0.3, -0.25) is 0 Å². The van der Waals surface area contributed by atoms with Gasteiger partial charge in [-0.15, -0.1) is 0 Å². The summed E-state index contributed by atoms with van der Waals surface area (Å²) < 4.78 is 0. The molecule has 0 heterocycles. The van der Waals surface area contributed by atoms with Crippen molar-refractivity contribution in [2.75, 3.05) is 11.9 Å². The minimum atomic E-state index is 0.0375. The van der Waals surface area contributed by atoms with Crippen LogP contribution < -0.4 is 10.6 Å². The van der Waals surface area contributed by atoms with Gasteiger partial charge in [-0.2, -0.15) is 5.26 Å². The van der Waals surface area contributed by atoms with E-state index in [-0.39, 0.29) is 5.54 Å². The van der Waals surface area contributed by atoms with Crippen LogP contribution in [0.25, 0.3) is 0 Å². The van der Waals surface area contributed by atoms with Crippen molar-refractivity contribution in [1.82, 2.24) is 0 Å². The van der Waals surface area contributed by atoms with E-state index in [2.05, 4.69) is 31.7 Å². The standard InChI is InChI=1S/C14H21N3/c1-5-14(2,3)17(4)13-7-6-11(9-15)8-12(13)10-16/h6-8H,5,9,15H2,1-4H3. The van der Waals surface area contributed by atoms with Crippen LogP contribution in [-0.2, 0) is 6.54 Å². The van der Waals surface area contributed by atoms with Gasteiger partial charge in [0.05, 0.1) is 11.3 Å². The topological polar surface area (TPSA) is 53.0 Å². The predicted octanol–water partition coefficient (Wildman–Crippen LogP) is 2.64. The quantitative estimate of drug-likeness (QED) is 0.866. The molecule has 0 bridgehead atoms. The van der Waals surface area contributed by atoms with Crippen LogP contribution in [0, 0.1) is 11.3 Å². The Morgan fingerprint density at radius 3 is 2.53 bits per heavy atom. The predicted molar refractivity (Wildman–Crippen MR) is 71.8 cm³/mol. The molecule has 0 unspecified atom stereocenters. The third-order valence-electron chi connectivity index (χ3n) is 3.55. The first-order valence-electron chi connectivity index (χ1n) is 5.93. The molecule has 3 nitrogen and oxygen atoms in total. The fourth-order valence-corrected chi connectivity index (χ4v) is 1.66. The molecule has 2 N–H and O–H groups in total. The molecule has 0 atom stereocenters. The van der Waals surface area contributed by atoms with Crippen LogP contribution in [0.2, 0.25) is 0 Å². The normalized spacial score (nSPS) is 11.1. The SMILES string of the molecule is CCC(C)(C)N(C)c1ccc(CN)cc1C#N. The third kappa shape index (κ3) is 2.78. The molecule has 0 aromatic heterocycles. The maximum absolute atomic E-state index is 9.21. The Labute approximate surface area is 104 Å². The summed E-state index contributed by atoms with van der Waals surface area (Å²) in [6, 6.07) is 8.09. The molecule has 3 heteroatoms. The minimum Gasteiger partial charge on any atom is -0.368 e. The second-order valence-electron chi connectivity index (χ2n) is 4.89.